The van der Waals surface area contributed by atoms with Crippen LogP contribution in [0.3, 0.4) is 0 Å². The molecule has 1 fully saturated rings. The third kappa shape index (κ3) is 3.07. The molecule has 0 aromatic carbocycles. The van der Waals surface area contributed by atoms with Gasteiger partial charge in [0.05, 0.1) is 5.01 Å². The van der Waals surface area contributed by atoms with Gasteiger partial charge in [-0.15, -0.1) is 11.3 Å². The van der Waals surface area contributed by atoms with Crippen molar-refractivity contribution in [2.75, 3.05) is 0 Å². The van der Waals surface area contributed by atoms with Crippen LogP contribution in [-0.4, -0.2) is 4.98 Å². The van der Waals surface area contributed by atoms with Crippen molar-refractivity contribution >= 4 is 11.3 Å². The van der Waals surface area contributed by atoms with Gasteiger partial charge in [-0.2, -0.15) is 0 Å². The molecule has 90 valence electrons. The first-order valence-electron chi connectivity index (χ1n) is 6.81. The van der Waals surface area contributed by atoms with Crippen LogP contribution in [0.4, 0.5) is 0 Å². The van der Waals surface area contributed by atoms with Gasteiger partial charge in [0.25, 0.3) is 0 Å². The zero-order valence-electron chi connectivity index (χ0n) is 10.3. The zero-order chi connectivity index (χ0) is 11.2. The van der Waals surface area contributed by atoms with Crippen molar-refractivity contribution in [3.05, 3.63) is 16.6 Å². The van der Waals surface area contributed by atoms with E-state index < -0.39 is 0 Å². The van der Waals surface area contributed by atoms with Crippen molar-refractivity contribution in [1.82, 2.24) is 4.98 Å². The van der Waals surface area contributed by atoms with Crippen molar-refractivity contribution < 1.29 is 0 Å². The predicted octanol–water partition coefficient (Wildman–Crippen LogP) is 5.00. The van der Waals surface area contributed by atoms with E-state index in [1.807, 2.05) is 17.5 Å². The van der Waals surface area contributed by atoms with Crippen molar-refractivity contribution in [1.29, 1.82) is 0 Å². The van der Waals surface area contributed by atoms with Gasteiger partial charge >= 0.3 is 0 Å². The van der Waals surface area contributed by atoms with Gasteiger partial charge in [-0.05, 0) is 25.2 Å². The molecule has 1 aromatic rings. The third-order valence-electron chi connectivity index (χ3n) is 3.86. The summed E-state index contributed by atoms with van der Waals surface area (Å²) in [4.78, 5) is 4.54. The summed E-state index contributed by atoms with van der Waals surface area (Å²) in [6.45, 7) is 2.29. The molecule has 0 radical (unpaired) electrons. The summed E-state index contributed by atoms with van der Waals surface area (Å²) in [6.07, 6.45) is 13.2. The summed E-state index contributed by atoms with van der Waals surface area (Å²) in [5, 5.41) is 3.54. The van der Waals surface area contributed by atoms with Crippen LogP contribution in [-0.2, 0) is 0 Å². The van der Waals surface area contributed by atoms with E-state index in [1.54, 1.807) is 0 Å². The Morgan fingerprint density at radius 3 is 2.94 bits per heavy atom. The maximum Gasteiger partial charge on any atom is 0.0958 e. The van der Waals surface area contributed by atoms with E-state index in [0.29, 0.717) is 0 Å². The number of thiazole rings is 1. The Balaban J connectivity index is 1.92. The lowest BCUT2D eigenvalue weighted by Gasteiger charge is -2.30. The molecule has 1 aliphatic rings. The van der Waals surface area contributed by atoms with Gasteiger partial charge in [-0.25, -0.2) is 4.98 Å². The van der Waals surface area contributed by atoms with E-state index in [-0.39, 0.29) is 0 Å². The predicted molar refractivity (Wildman–Crippen MR) is 71.0 cm³/mol. The first kappa shape index (κ1) is 12.1. The van der Waals surface area contributed by atoms with Gasteiger partial charge in [0.2, 0.25) is 0 Å². The molecule has 1 heterocycles. The highest BCUT2D eigenvalue weighted by Crippen LogP contribution is 2.41. The van der Waals surface area contributed by atoms with Crippen molar-refractivity contribution in [3.8, 4) is 0 Å². The smallest absolute Gasteiger partial charge is 0.0958 e. The Hall–Kier alpha value is -0.370. The van der Waals surface area contributed by atoms with Gasteiger partial charge in [0.15, 0.2) is 0 Å². The number of hydrogen-bond donors (Lipinski definition) is 0. The van der Waals surface area contributed by atoms with Gasteiger partial charge in [0.1, 0.15) is 0 Å². The highest BCUT2D eigenvalue weighted by atomic mass is 32.1. The van der Waals surface area contributed by atoms with Crippen molar-refractivity contribution in [3.63, 3.8) is 0 Å². The first-order valence-corrected chi connectivity index (χ1v) is 7.69. The average Bonchev–Trinajstić information content (AvgIpc) is 2.83. The standard InChI is InChI=1S/C14H23NS/c1-2-3-4-7-12-8-5-6-9-13(12)14-15-10-11-16-14/h10-13H,2-9H2,1H3. The number of rotatable bonds is 5. The molecule has 0 saturated heterocycles. The van der Waals surface area contributed by atoms with Gasteiger partial charge in [-0.1, -0.05) is 39.0 Å². The normalized spacial score (nSPS) is 25.8. The van der Waals surface area contributed by atoms with Crippen LogP contribution >= 0.6 is 11.3 Å². The molecule has 0 spiro atoms. The molecular formula is C14H23NS. The molecule has 1 saturated carbocycles. The van der Waals surface area contributed by atoms with Crippen molar-refractivity contribution in [2.45, 2.75) is 64.2 Å². The monoisotopic (exact) mass is 237 g/mol. The molecule has 2 atom stereocenters. The molecule has 2 unspecified atom stereocenters. The Labute approximate surface area is 103 Å². The quantitative estimate of drug-likeness (QED) is 0.657. The van der Waals surface area contributed by atoms with E-state index in [1.165, 1.54) is 56.4 Å². The van der Waals surface area contributed by atoms with E-state index >= 15 is 0 Å². The molecule has 2 heteroatoms. The fourth-order valence-electron chi connectivity index (χ4n) is 2.95. The number of unbranched alkanes of at least 4 members (excludes halogenated alkanes) is 2. The minimum atomic E-state index is 0.783. The Kier molecular flexibility index (Phi) is 4.83. The van der Waals surface area contributed by atoms with Crippen LogP contribution in [0.2, 0.25) is 0 Å². The second-order valence-electron chi connectivity index (χ2n) is 5.02. The fourth-order valence-corrected chi connectivity index (χ4v) is 3.82. The van der Waals surface area contributed by atoms with E-state index in [9.17, 15) is 0 Å². The Bertz CT molecular complexity index is 281. The topological polar surface area (TPSA) is 12.9 Å². The lowest BCUT2D eigenvalue weighted by Crippen LogP contribution is -2.17. The molecular weight excluding hydrogens is 214 g/mol. The SMILES string of the molecule is CCCCCC1CCCCC1c1nccs1. The van der Waals surface area contributed by atoms with Crippen LogP contribution in [0.25, 0.3) is 0 Å². The molecule has 0 aliphatic heterocycles. The fraction of sp³-hybridized carbons (Fsp3) is 0.786. The second kappa shape index (κ2) is 6.39. The number of hydrogen-bond acceptors (Lipinski definition) is 2. The van der Waals surface area contributed by atoms with E-state index in [0.717, 1.165) is 11.8 Å². The first-order chi connectivity index (χ1) is 7.92. The van der Waals surface area contributed by atoms with Crippen LogP contribution in [0.5, 0.6) is 0 Å². The second-order valence-corrected chi connectivity index (χ2v) is 5.94. The highest BCUT2D eigenvalue weighted by Gasteiger charge is 2.27. The van der Waals surface area contributed by atoms with E-state index in [4.69, 9.17) is 0 Å². The van der Waals surface area contributed by atoms with Crippen LogP contribution in [0, 0.1) is 5.92 Å². The van der Waals surface area contributed by atoms with Crippen LogP contribution in [0.15, 0.2) is 11.6 Å². The zero-order valence-corrected chi connectivity index (χ0v) is 11.1. The Morgan fingerprint density at radius 1 is 1.31 bits per heavy atom. The summed E-state index contributed by atoms with van der Waals surface area (Å²) in [7, 11) is 0. The minimum Gasteiger partial charge on any atom is -0.249 e. The molecule has 0 amide bonds. The molecule has 2 rings (SSSR count). The Morgan fingerprint density at radius 2 is 2.19 bits per heavy atom. The molecule has 1 nitrogen and oxygen atoms in total. The van der Waals surface area contributed by atoms with Gasteiger partial charge in [-0.3, -0.25) is 0 Å². The summed E-state index contributed by atoms with van der Waals surface area (Å²) >= 11 is 1.86. The lowest BCUT2D eigenvalue weighted by molar-refractivity contribution is 0.283. The summed E-state index contributed by atoms with van der Waals surface area (Å²) in [6, 6.07) is 0. The largest absolute Gasteiger partial charge is 0.249 e. The lowest BCUT2D eigenvalue weighted by atomic mass is 9.77. The molecule has 0 bridgehead atoms. The molecule has 1 aromatic heterocycles. The molecule has 16 heavy (non-hydrogen) atoms. The summed E-state index contributed by atoms with van der Waals surface area (Å²) < 4.78 is 0. The van der Waals surface area contributed by atoms with Gasteiger partial charge in [0, 0.05) is 17.5 Å². The van der Waals surface area contributed by atoms with Crippen molar-refractivity contribution in [2.24, 2.45) is 5.92 Å². The highest BCUT2D eigenvalue weighted by molar-refractivity contribution is 7.09. The number of nitrogens with zero attached hydrogens (tertiary/aromatic N) is 1. The van der Waals surface area contributed by atoms with Crippen LogP contribution in [0.1, 0.15) is 69.2 Å². The minimum absolute atomic E-state index is 0.783. The van der Waals surface area contributed by atoms with Gasteiger partial charge < -0.3 is 0 Å². The average molecular weight is 237 g/mol. The summed E-state index contributed by atoms with van der Waals surface area (Å²) in [5.41, 5.74) is 0. The number of aromatic nitrogens is 1. The van der Waals surface area contributed by atoms with Crippen LogP contribution < -0.4 is 0 Å². The molecule has 1 aliphatic carbocycles. The molecule has 0 N–H and O–H groups in total. The van der Waals surface area contributed by atoms with E-state index in [2.05, 4.69) is 17.3 Å². The third-order valence-corrected chi connectivity index (χ3v) is 4.76. The maximum absolute atomic E-state index is 4.54. The summed E-state index contributed by atoms with van der Waals surface area (Å²) in [5.74, 6) is 1.71. The maximum atomic E-state index is 4.54.